The molecule has 0 unspecified atom stereocenters. The van der Waals surface area contributed by atoms with E-state index in [9.17, 15) is 0 Å². The fourth-order valence-electron chi connectivity index (χ4n) is 3.48. The van der Waals surface area contributed by atoms with Crippen molar-refractivity contribution < 1.29 is 4.74 Å². The third-order valence-corrected chi connectivity index (χ3v) is 5.09. The van der Waals surface area contributed by atoms with E-state index in [1.165, 1.54) is 0 Å². The molecule has 3 aromatic rings. The van der Waals surface area contributed by atoms with Crippen molar-refractivity contribution in [2.45, 2.75) is 39.0 Å². The first-order valence-corrected chi connectivity index (χ1v) is 9.66. The van der Waals surface area contributed by atoms with Crippen LogP contribution in [-0.2, 0) is 5.41 Å². The molecule has 0 aliphatic carbocycles. The summed E-state index contributed by atoms with van der Waals surface area (Å²) in [7, 11) is 0. The molecular formula is C21H27N5O. The van der Waals surface area contributed by atoms with Crippen LogP contribution in [0.4, 0.5) is 5.82 Å². The zero-order valence-electron chi connectivity index (χ0n) is 16.3. The van der Waals surface area contributed by atoms with E-state index in [-0.39, 0.29) is 5.41 Å². The van der Waals surface area contributed by atoms with Crippen molar-refractivity contribution >= 4 is 11.5 Å². The smallest absolute Gasteiger partial charge is 0.178 e. The lowest BCUT2D eigenvalue weighted by Crippen LogP contribution is -2.36. The van der Waals surface area contributed by atoms with E-state index in [0.717, 1.165) is 55.6 Å². The van der Waals surface area contributed by atoms with Crippen molar-refractivity contribution in [3.63, 3.8) is 0 Å². The van der Waals surface area contributed by atoms with Gasteiger partial charge in [0.15, 0.2) is 11.5 Å². The molecule has 0 atom stereocenters. The summed E-state index contributed by atoms with van der Waals surface area (Å²) in [4.78, 5) is 2.35. The van der Waals surface area contributed by atoms with Crippen LogP contribution in [0.5, 0.6) is 5.75 Å². The van der Waals surface area contributed by atoms with E-state index in [0.29, 0.717) is 5.92 Å². The van der Waals surface area contributed by atoms with Gasteiger partial charge in [0.25, 0.3) is 0 Å². The molecule has 142 valence electrons. The quantitative estimate of drug-likeness (QED) is 0.705. The number of nitrogens with zero attached hydrogens (tertiary/aromatic N) is 5. The number of hydrogen-bond acceptors (Lipinski definition) is 5. The number of piperidine rings is 1. The summed E-state index contributed by atoms with van der Waals surface area (Å²) in [6.45, 7) is 9.18. The molecule has 6 nitrogen and oxygen atoms in total. The molecule has 27 heavy (non-hydrogen) atoms. The second-order valence-corrected chi connectivity index (χ2v) is 8.29. The zero-order valence-corrected chi connectivity index (χ0v) is 16.3. The molecule has 4 rings (SSSR count). The van der Waals surface area contributed by atoms with Gasteiger partial charge in [0.1, 0.15) is 11.6 Å². The molecule has 2 aromatic heterocycles. The third kappa shape index (κ3) is 3.89. The van der Waals surface area contributed by atoms with Gasteiger partial charge in [-0.1, -0.05) is 39.0 Å². The van der Waals surface area contributed by atoms with Gasteiger partial charge < -0.3 is 9.64 Å². The molecule has 1 aliphatic heterocycles. The van der Waals surface area contributed by atoms with Crippen LogP contribution in [0, 0.1) is 5.92 Å². The van der Waals surface area contributed by atoms with Crippen LogP contribution in [0.25, 0.3) is 5.65 Å². The maximum Gasteiger partial charge on any atom is 0.178 e. The summed E-state index contributed by atoms with van der Waals surface area (Å²) in [5.74, 6) is 3.43. The highest BCUT2D eigenvalue weighted by Crippen LogP contribution is 2.25. The molecule has 1 aromatic carbocycles. The molecular weight excluding hydrogens is 338 g/mol. The van der Waals surface area contributed by atoms with Gasteiger partial charge in [0.05, 0.1) is 6.61 Å². The topological polar surface area (TPSA) is 55.5 Å². The number of para-hydroxylation sites is 1. The number of ether oxygens (including phenoxy) is 1. The van der Waals surface area contributed by atoms with E-state index in [1.807, 2.05) is 40.9 Å². The summed E-state index contributed by atoms with van der Waals surface area (Å²) in [5, 5.41) is 13.4. The fraction of sp³-hybridized carbons (Fsp3) is 0.476. The van der Waals surface area contributed by atoms with Gasteiger partial charge in [-0.25, -0.2) is 0 Å². The first kappa shape index (κ1) is 17.8. The minimum Gasteiger partial charge on any atom is -0.493 e. The molecule has 0 spiro atoms. The molecule has 0 saturated carbocycles. The predicted molar refractivity (Wildman–Crippen MR) is 106 cm³/mol. The Morgan fingerprint density at radius 3 is 2.44 bits per heavy atom. The Kier molecular flexibility index (Phi) is 4.72. The molecule has 1 saturated heterocycles. The summed E-state index contributed by atoms with van der Waals surface area (Å²) in [6, 6.07) is 14.1. The molecule has 1 aliphatic rings. The lowest BCUT2D eigenvalue weighted by Gasteiger charge is -2.32. The first-order chi connectivity index (χ1) is 13.0. The predicted octanol–water partition coefficient (Wildman–Crippen LogP) is 3.72. The number of hydrogen-bond donors (Lipinski definition) is 0. The summed E-state index contributed by atoms with van der Waals surface area (Å²) >= 11 is 0. The minimum absolute atomic E-state index is 0.0905. The van der Waals surface area contributed by atoms with E-state index >= 15 is 0 Å². The van der Waals surface area contributed by atoms with Crippen LogP contribution in [0.3, 0.4) is 0 Å². The highest BCUT2D eigenvalue weighted by Gasteiger charge is 2.24. The van der Waals surface area contributed by atoms with Crippen molar-refractivity contribution in [3.8, 4) is 5.75 Å². The van der Waals surface area contributed by atoms with Gasteiger partial charge >= 0.3 is 0 Å². The van der Waals surface area contributed by atoms with Gasteiger partial charge in [-0.05, 0) is 43.0 Å². The third-order valence-electron chi connectivity index (χ3n) is 5.09. The van der Waals surface area contributed by atoms with E-state index < -0.39 is 0 Å². The SMILES string of the molecule is CC(C)(C)c1nnc2ccc(N3CCC(COc4ccccc4)CC3)nn12. The maximum absolute atomic E-state index is 5.93. The molecule has 0 amide bonds. The summed E-state index contributed by atoms with van der Waals surface area (Å²) < 4.78 is 7.82. The van der Waals surface area contributed by atoms with Crippen molar-refractivity contribution in [2.24, 2.45) is 5.92 Å². The zero-order chi connectivity index (χ0) is 18.9. The van der Waals surface area contributed by atoms with Crippen molar-refractivity contribution in [2.75, 3.05) is 24.6 Å². The normalized spacial score (nSPS) is 16.0. The lowest BCUT2D eigenvalue weighted by atomic mass is 9.96. The van der Waals surface area contributed by atoms with Crippen LogP contribution in [0.1, 0.15) is 39.4 Å². The average molecular weight is 365 g/mol. The Labute approximate surface area is 160 Å². The minimum atomic E-state index is -0.0905. The Morgan fingerprint density at radius 1 is 1.00 bits per heavy atom. The van der Waals surface area contributed by atoms with Crippen LogP contribution in [0.2, 0.25) is 0 Å². The first-order valence-electron chi connectivity index (χ1n) is 9.66. The van der Waals surface area contributed by atoms with E-state index in [2.05, 4.69) is 41.9 Å². The molecule has 3 heterocycles. The van der Waals surface area contributed by atoms with Crippen molar-refractivity contribution in [1.29, 1.82) is 0 Å². The van der Waals surface area contributed by atoms with Crippen LogP contribution in [0.15, 0.2) is 42.5 Å². The van der Waals surface area contributed by atoms with Crippen LogP contribution >= 0.6 is 0 Å². The molecule has 6 heteroatoms. The van der Waals surface area contributed by atoms with Crippen LogP contribution in [-0.4, -0.2) is 39.5 Å². The Balaban J connectivity index is 1.40. The number of rotatable bonds is 4. The van der Waals surface area contributed by atoms with Crippen LogP contribution < -0.4 is 9.64 Å². The highest BCUT2D eigenvalue weighted by atomic mass is 16.5. The van der Waals surface area contributed by atoms with E-state index in [4.69, 9.17) is 9.84 Å². The highest BCUT2D eigenvalue weighted by molar-refractivity contribution is 5.46. The fourth-order valence-corrected chi connectivity index (χ4v) is 3.48. The van der Waals surface area contributed by atoms with Gasteiger partial charge in [-0.15, -0.1) is 15.3 Å². The summed E-state index contributed by atoms with van der Waals surface area (Å²) in [6.07, 6.45) is 2.22. The Hall–Kier alpha value is -2.63. The van der Waals surface area contributed by atoms with Gasteiger partial charge in [0.2, 0.25) is 0 Å². The molecule has 0 radical (unpaired) electrons. The maximum atomic E-state index is 5.93. The standard InChI is InChI=1S/C21H27N5O/c1-21(2,3)20-23-22-18-9-10-19(24-26(18)20)25-13-11-16(12-14-25)15-27-17-7-5-4-6-8-17/h4-10,16H,11-15H2,1-3H3. The molecule has 0 bridgehead atoms. The number of aromatic nitrogens is 4. The monoisotopic (exact) mass is 365 g/mol. The largest absolute Gasteiger partial charge is 0.493 e. The second kappa shape index (κ2) is 7.18. The van der Waals surface area contributed by atoms with E-state index in [1.54, 1.807) is 0 Å². The lowest BCUT2D eigenvalue weighted by molar-refractivity contribution is 0.222. The van der Waals surface area contributed by atoms with Crippen molar-refractivity contribution in [1.82, 2.24) is 19.8 Å². The number of benzene rings is 1. The summed E-state index contributed by atoms with van der Waals surface area (Å²) in [5.41, 5.74) is 0.710. The number of anilines is 1. The van der Waals surface area contributed by atoms with Crippen molar-refractivity contribution in [3.05, 3.63) is 48.3 Å². The Bertz CT molecular complexity index is 892. The van der Waals surface area contributed by atoms with Gasteiger partial charge in [-0.3, -0.25) is 0 Å². The second-order valence-electron chi connectivity index (χ2n) is 8.29. The van der Waals surface area contributed by atoms with Gasteiger partial charge in [-0.2, -0.15) is 4.52 Å². The Morgan fingerprint density at radius 2 is 1.74 bits per heavy atom. The average Bonchev–Trinajstić information content (AvgIpc) is 3.11. The van der Waals surface area contributed by atoms with Gasteiger partial charge in [0, 0.05) is 18.5 Å². The number of fused-ring (bicyclic) bond motifs is 1. The molecule has 0 N–H and O–H groups in total. The molecule has 1 fully saturated rings.